The molecule has 1 heterocycles. The van der Waals surface area contributed by atoms with Crippen LogP contribution in [0.15, 0.2) is 0 Å². The first kappa shape index (κ1) is 17.5. The molecule has 0 saturated heterocycles. The summed E-state index contributed by atoms with van der Waals surface area (Å²) in [6.45, 7) is 7.06. The molecule has 0 aromatic carbocycles. The lowest BCUT2D eigenvalue weighted by atomic mass is 10.2. The van der Waals surface area contributed by atoms with E-state index in [2.05, 4.69) is 27.5 Å². The molecular weight excluding hydrogens is 281 g/mol. The molecule has 0 atom stereocenters. The number of rotatable bonds is 8. The van der Waals surface area contributed by atoms with Gasteiger partial charge in [-0.25, -0.2) is 9.97 Å². The number of unbranched alkanes of at least 4 members (excludes halogenated alkanes) is 1. The Hall–Kier alpha value is -1.53. The Morgan fingerprint density at radius 2 is 1.52 bits per heavy atom. The lowest BCUT2D eigenvalue weighted by molar-refractivity contribution is -0.135. The second-order valence-corrected chi connectivity index (χ2v) is 5.02. The van der Waals surface area contributed by atoms with E-state index in [9.17, 15) is 13.2 Å². The zero-order valence-electron chi connectivity index (χ0n) is 12.8. The van der Waals surface area contributed by atoms with Crippen LogP contribution in [0.25, 0.3) is 0 Å². The van der Waals surface area contributed by atoms with E-state index in [-0.39, 0.29) is 6.42 Å². The summed E-state index contributed by atoms with van der Waals surface area (Å²) in [5.74, 6) is 2.10. The number of aromatic nitrogens is 2. The summed E-state index contributed by atoms with van der Waals surface area (Å²) in [6.07, 6.45) is -3.23. The largest absolute Gasteiger partial charge is 0.389 e. The molecule has 0 amide bonds. The van der Waals surface area contributed by atoms with Crippen molar-refractivity contribution in [1.82, 2.24) is 9.97 Å². The molecule has 0 bridgehead atoms. The highest BCUT2D eigenvalue weighted by Gasteiger charge is 2.25. The van der Waals surface area contributed by atoms with Gasteiger partial charge in [0, 0.05) is 25.1 Å². The van der Waals surface area contributed by atoms with Crippen molar-refractivity contribution in [2.75, 3.05) is 23.7 Å². The van der Waals surface area contributed by atoms with Gasteiger partial charge in [-0.1, -0.05) is 6.92 Å². The van der Waals surface area contributed by atoms with E-state index >= 15 is 0 Å². The molecule has 1 rings (SSSR count). The van der Waals surface area contributed by atoms with Crippen LogP contribution >= 0.6 is 0 Å². The number of nitrogens with one attached hydrogen (secondary N) is 2. The summed E-state index contributed by atoms with van der Waals surface area (Å²) in [4.78, 5) is 8.64. The lowest BCUT2D eigenvalue weighted by Crippen LogP contribution is -2.12. The van der Waals surface area contributed by atoms with E-state index < -0.39 is 12.6 Å². The van der Waals surface area contributed by atoms with Crippen molar-refractivity contribution < 1.29 is 13.2 Å². The number of aryl methyl sites for hydroxylation is 1. The maximum absolute atomic E-state index is 12.0. The summed E-state index contributed by atoms with van der Waals surface area (Å²) in [5.41, 5.74) is 0.893. The molecule has 1 aromatic heterocycles. The maximum Gasteiger partial charge on any atom is 0.389 e. The molecule has 0 aliphatic carbocycles. The first-order chi connectivity index (χ1) is 9.83. The molecule has 0 spiro atoms. The fourth-order valence-electron chi connectivity index (χ4n) is 1.87. The maximum atomic E-state index is 12.0. The molecule has 21 heavy (non-hydrogen) atoms. The lowest BCUT2D eigenvalue weighted by Gasteiger charge is -2.14. The molecule has 0 radical (unpaired) electrons. The van der Waals surface area contributed by atoms with Gasteiger partial charge in [-0.15, -0.1) is 0 Å². The van der Waals surface area contributed by atoms with Gasteiger partial charge in [0.2, 0.25) is 0 Å². The number of nitrogens with zero attached hydrogens (tertiary/aromatic N) is 2. The van der Waals surface area contributed by atoms with E-state index in [0.717, 1.165) is 24.3 Å². The normalized spacial score (nSPS) is 11.5. The van der Waals surface area contributed by atoms with Crippen molar-refractivity contribution in [2.24, 2.45) is 0 Å². The van der Waals surface area contributed by atoms with Crippen molar-refractivity contribution >= 4 is 11.6 Å². The van der Waals surface area contributed by atoms with Crippen LogP contribution in [0.4, 0.5) is 24.8 Å². The Morgan fingerprint density at radius 3 is 2.05 bits per heavy atom. The molecular formula is C14H23F3N4. The monoisotopic (exact) mass is 304 g/mol. The zero-order chi connectivity index (χ0) is 15.9. The first-order valence-corrected chi connectivity index (χ1v) is 7.23. The number of hydrogen-bond acceptors (Lipinski definition) is 4. The van der Waals surface area contributed by atoms with Gasteiger partial charge in [-0.05, 0) is 33.1 Å². The predicted octanol–water partition coefficient (Wildman–Crippen LogP) is 4.06. The van der Waals surface area contributed by atoms with Crippen molar-refractivity contribution in [2.45, 2.75) is 52.6 Å². The van der Waals surface area contributed by atoms with Crippen molar-refractivity contribution in [3.63, 3.8) is 0 Å². The smallest absolute Gasteiger partial charge is 0.370 e. The molecule has 2 N–H and O–H groups in total. The third-order valence-electron chi connectivity index (χ3n) is 2.98. The van der Waals surface area contributed by atoms with Crippen LogP contribution in [0.2, 0.25) is 0 Å². The number of alkyl halides is 3. The van der Waals surface area contributed by atoms with Crippen LogP contribution < -0.4 is 10.6 Å². The van der Waals surface area contributed by atoms with Gasteiger partial charge in [0.15, 0.2) is 0 Å². The second-order valence-electron chi connectivity index (χ2n) is 5.02. The molecule has 0 aliphatic heterocycles. The molecule has 0 unspecified atom stereocenters. The van der Waals surface area contributed by atoms with Crippen molar-refractivity contribution in [1.29, 1.82) is 0 Å². The SMILES string of the molecule is CCCNc1nc(C)nc(NCCCCC(F)(F)F)c1C. The average Bonchev–Trinajstić information content (AvgIpc) is 2.38. The van der Waals surface area contributed by atoms with Crippen LogP contribution in [-0.2, 0) is 0 Å². The fourth-order valence-corrected chi connectivity index (χ4v) is 1.87. The molecule has 1 aromatic rings. The van der Waals surface area contributed by atoms with Crippen LogP contribution in [-0.4, -0.2) is 29.2 Å². The average molecular weight is 304 g/mol. The highest BCUT2D eigenvalue weighted by molar-refractivity contribution is 5.57. The van der Waals surface area contributed by atoms with Gasteiger partial charge in [0.1, 0.15) is 17.5 Å². The standard InChI is InChI=1S/C14H23F3N4/c1-4-8-18-12-10(2)13(21-11(3)20-12)19-9-6-5-7-14(15,16)17/h4-9H2,1-3H3,(H2,18,19,20,21). The summed E-state index contributed by atoms with van der Waals surface area (Å²) >= 11 is 0. The van der Waals surface area contributed by atoms with Gasteiger partial charge in [-0.2, -0.15) is 13.2 Å². The Balaban J connectivity index is 2.52. The topological polar surface area (TPSA) is 49.8 Å². The Morgan fingerprint density at radius 1 is 0.952 bits per heavy atom. The Labute approximate surface area is 123 Å². The van der Waals surface area contributed by atoms with Crippen LogP contribution in [0.3, 0.4) is 0 Å². The third-order valence-corrected chi connectivity index (χ3v) is 2.98. The van der Waals surface area contributed by atoms with Crippen LogP contribution in [0, 0.1) is 13.8 Å². The van der Waals surface area contributed by atoms with Crippen molar-refractivity contribution in [3.05, 3.63) is 11.4 Å². The van der Waals surface area contributed by atoms with E-state index in [1.165, 1.54) is 0 Å². The zero-order valence-corrected chi connectivity index (χ0v) is 12.8. The van der Waals surface area contributed by atoms with Gasteiger partial charge >= 0.3 is 6.18 Å². The first-order valence-electron chi connectivity index (χ1n) is 7.23. The summed E-state index contributed by atoms with van der Waals surface area (Å²) in [5, 5.41) is 6.32. The Kier molecular flexibility index (Phi) is 6.71. The predicted molar refractivity (Wildman–Crippen MR) is 78.7 cm³/mol. The molecule has 0 aliphatic rings. The van der Waals surface area contributed by atoms with Crippen LogP contribution in [0.1, 0.15) is 44.0 Å². The molecule has 7 heteroatoms. The number of anilines is 2. The number of halogens is 3. The molecule has 0 saturated carbocycles. The highest BCUT2D eigenvalue weighted by atomic mass is 19.4. The van der Waals surface area contributed by atoms with Gasteiger partial charge in [0.05, 0.1) is 0 Å². The van der Waals surface area contributed by atoms with E-state index in [1.54, 1.807) is 6.92 Å². The summed E-state index contributed by atoms with van der Waals surface area (Å²) < 4.78 is 36.1. The van der Waals surface area contributed by atoms with E-state index in [1.807, 2.05) is 6.92 Å². The molecule has 0 fully saturated rings. The fraction of sp³-hybridized carbons (Fsp3) is 0.714. The number of hydrogen-bond donors (Lipinski definition) is 2. The minimum Gasteiger partial charge on any atom is -0.370 e. The third kappa shape index (κ3) is 6.64. The Bertz CT molecular complexity index is 447. The van der Waals surface area contributed by atoms with Gasteiger partial charge in [-0.3, -0.25) is 0 Å². The van der Waals surface area contributed by atoms with E-state index in [4.69, 9.17) is 0 Å². The summed E-state index contributed by atoms with van der Waals surface area (Å²) in [6, 6.07) is 0. The quantitative estimate of drug-likeness (QED) is 0.711. The van der Waals surface area contributed by atoms with Gasteiger partial charge < -0.3 is 10.6 Å². The summed E-state index contributed by atoms with van der Waals surface area (Å²) in [7, 11) is 0. The highest BCUT2D eigenvalue weighted by Crippen LogP contribution is 2.23. The molecule has 120 valence electrons. The molecule has 4 nitrogen and oxygen atoms in total. The van der Waals surface area contributed by atoms with Crippen LogP contribution in [0.5, 0.6) is 0 Å². The van der Waals surface area contributed by atoms with Crippen molar-refractivity contribution in [3.8, 4) is 0 Å². The minimum atomic E-state index is -4.07. The second kappa shape index (κ2) is 8.05. The minimum absolute atomic E-state index is 0.126. The van der Waals surface area contributed by atoms with Gasteiger partial charge in [0.25, 0.3) is 0 Å². The van der Waals surface area contributed by atoms with E-state index in [0.29, 0.717) is 24.6 Å².